The van der Waals surface area contributed by atoms with E-state index in [1.807, 2.05) is 18.2 Å². The number of fused-ring (bicyclic) bond motifs is 1. The van der Waals surface area contributed by atoms with Crippen LogP contribution in [-0.2, 0) is 6.54 Å². The smallest absolute Gasteiger partial charge is 0.124 e. The zero-order valence-corrected chi connectivity index (χ0v) is 12.8. The molecule has 0 saturated heterocycles. The summed E-state index contributed by atoms with van der Waals surface area (Å²) in [6.45, 7) is 0.654. The van der Waals surface area contributed by atoms with Crippen LogP contribution in [0, 0.1) is 9.39 Å². The molecule has 19 heavy (non-hydrogen) atoms. The van der Waals surface area contributed by atoms with E-state index in [9.17, 15) is 4.39 Å². The topological polar surface area (TPSA) is 24.9 Å². The van der Waals surface area contributed by atoms with Crippen molar-refractivity contribution in [2.24, 2.45) is 0 Å². The maximum absolute atomic E-state index is 13.0. The summed E-state index contributed by atoms with van der Waals surface area (Å²) in [6, 6.07) is 12.8. The summed E-state index contributed by atoms with van der Waals surface area (Å²) in [5.41, 5.74) is 1.96. The van der Waals surface area contributed by atoms with E-state index in [2.05, 4.69) is 39.0 Å². The van der Waals surface area contributed by atoms with Crippen LogP contribution in [-0.4, -0.2) is 4.98 Å². The van der Waals surface area contributed by atoms with Gasteiger partial charge in [0, 0.05) is 9.26 Å². The van der Waals surface area contributed by atoms with Crippen LogP contribution in [0.3, 0.4) is 0 Å². The summed E-state index contributed by atoms with van der Waals surface area (Å²) in [5.74, 6) is -0.213. The second kappa shape index (κ2) is 5.42. The third-order valence-corrected chi connectivity index (χ3v) is 4.63. The minimum atomic E-state index is -0.213. The molecule has 3 aromatic rings. The highest BCUT2D eigenvalue weighted by molar-refractivity contribution is 14.1. The second-order valence-corrected chi connectivity index (χ2v) is 6.33. The van der Waals surface area contributed by atoms with Crippen LogP contribution in [0.1, 0.15) is 5.01 Å². The Morgan fingerprint density at radius 1 is 1.21 bits per heavy atom. The van der Waals surface area contributed by atoms with Gasteiger partial charge in [-0.2, -0.15) is 0 Å². The highest BCUT2D eigenvalue weighted by atomic mass is 127. The Balaban J connectivity index is 1.78. The number of thiazole rings is 1. The molecule has 0 atom stereocenters. The van der Waals surface area contributed by atoms with E-state index in [0.29, 0.717) is 6.54 Å². The first-order chi connectivity index (χ1) is 9.22. The molecule has 96 valence electrons. The first kappa shape index (κ1) is 12.8. The van der Waals surface area contributed by atoms with Crippen molar-refractivity contribution in [1.29, 1.82) is 0 Å². The molecular weight excluding hydrogens is 374 g/mol. The van der Waals surface area contributed by atoms with Gasteiger partial charge in [-0.05, 0) is 52.9 Å². The summed E-state index contributed by atoms with van der Waals surface area (Å²) >= 11 is 3.80. The predicted octanol–water partition coefficient (Wildman–Crippen LogP) is 4.65. The van der Waals surface area contributed by atoms with Gasteiger partial charge in [0.1, 0.15) is 10.8 Å². The molecule has 0 unspecified atom stereocenters. The maximum Gasteiger partial charge on any atom is 0.124 e. The van der Waals surface area contributed by atoms with Gasteiger partial charge in [-0.25, -0.2) is 9.37 Å². The molecule has 3 rings (SSSR count). The Hall–Kier alpha value is -1.21. The van der Waals surface area contributed by atoms with E-state index >= 15 is 0 Å². The zero-order valence-electron chi connectivity index (χ0n) is 9.86. The highest BCUT2D eigenvalue weighted by Crippen LogP contribution is 2.24. The third kappa shape index (κ3) is 2.87. The monoisotopic (exact) mass is 384 g/mol. The van der Waals surface area contributed by atoms with Crippen molar-refractivity contribution in [2.75, 3.05) is 5.32 Å². The Morgan fingerprint density at radius 3 is 2.84 bits per heavy atom. The molecule has 5 heteroatoms. The standard InChI is InChI=1S/C14H10FIN2S/c15-9-5-6-11(10(16)7-9)17-8-14-18-12-3-1-2-4-13(12)19-14/h1-7,17H,8H2. The van der Waals surface area contributed by atoms with Crippen molar-refractivity contribution in [3.8, 4) is 0 Å². The molecular formula is C14H10FIN2S. The summed E-state index contributed by atoms with van der Waals surface area (Å²) in [6.07, 6.45) is 0. The number of nitrogens with zero attached hydrogens (tertiary/aromatic N) is 1. The Labute approximate surface area is 127 Å². The van der Waals surface area contributed by atoms with Gasteiger partial charge >= 0.3 is 0 Å². The quantitative estimate of drug-likeness (QED) is 0.665. The molecule has 2 aromatic carbocycles. The van der Waals surface area contributed by atoms with E-state index in [1.165, 1.54) is 16.8 Å². The maximum atomic E-state index is 13.0. The summed E-state index contributed by atoms with van der Waals surface area (Å²) in [5, 5.41) is 4.32. The van der Waals surface area contributed by atoms with Gasteiger partial charge in [0.15, 0.2) is 0 Å². The van der Waals surface area contributed by atoms with Crippen molar-refractivity contribution < 1.29 is 4.39 Å². The van der Waals surface area contributed by atoms with E-state index in [-0.39, 0.29) is 5.82 Å². The fourth-order valence-electron chi connectivity index (χ4n) is 1.80. The lowest BCUT2D eigenvalue weighted by Gasteiger charge is -2.06. The first-order valence-electron chi connectivity index (χ1n) is 5.76. The van der Waals surface area contributed by atoms with Crippen LogP contribution < -0.4 is 5.32 Å². The molecule has 0 saturated carbocycles. The van der Waals surface area contributed by atoms with Crippen LogP contribution >= 0.6 is 33.9 Å². The molecule has 0 aliphatic rings. The first-order valence-corrected chi connectivity index (χ1v) is 7.65. The Morgan fingerprint density at radius 2 is 2.05 bits per heavy atom. The van der Waals surface area contributed by atoms with E-state index in [4.69, 9.17) is 0 Å². The summed E-state index contributed by atoms with van der Waals surface area (Å²) < 4.78 is 15.1. The van der Waals surface area contributed by atoms with Crippen molar-refractivity contribution in [3.63, 3.8) is 0 Å². The summed E-state index contributed by atoms with van der Waals surface area (Å²) in [4.78, 5) is 4.55. The van der Waals surface area contributed by atoms with Gasteiger partial charge in [0.25, 0.3) is 0 Å². The van der Waals surface area contributed by atoms with Crippen molar-refractivity contribution >= 4 is 49.8 Å². The number of benzene rings is 2. The predicted molar refractivity (Wildman–Crippen MR) is 86.1 cm³/mol. The molecule has 0 bridgehead atoms. The normalized spacial score (nSPS) is 10.8. The fraction of sp³-hybridized carbons (Fsp3) is 0.0714. The largest absolute Gasteiger partial charge is 0.378 e. The molecule has 1 heterocycles. The number of hydrogen-bond acceptors (Lipinski definition) is 3. The van der Waals surface area contributed by atoms with Crippen LogP contribution in [0.2, 0.25) is 0 Å². The lowest BCUT2D eigenvalue weighted by Crippen LogP contribution is -2.00. The van der Waals surface area contributed by atoms with Gasteiger partial charge in [0.05, 0.1) is 16.8 Å². The number of anilines is 1. The number of hydrogen-bond donors (Lipinski definition) is 1. The van der Waals surface area contributed by atoms with Crippen LogP contribution in [0.15, 0.2) is 42.5 Å². The van der Waals surface area contributed by atoms with Crippen molar-refractivity contribution in [2.45, 2.75) is 6.54 Å². The molecule has 2 nitrogen and oxygen atoms in total. The average molecular weight is 384 g/mol. The Kier molecular flexibility index (Phi) is 3.65. The second-order valence-electron chi connectivity index (χ2n) is 4.05. The molecule has 1 aromatic heterocycles. The van der Waals surface area contributed by atoms with Gasteiger partial charge in [-0.3, -0.25) is 0 Å². The molecule has 1 N–H and O–H groups in total. The number of nitrogens with one attached hydrogen (secondary N) is 1. The molecule has 0 amide bonds. The summed E-state index contributed by atoms with van der Waals surface area (Å²) in [7, 11) is 0. The van der Waals surface area contributed by atoms with E-state index < -0.39 is 0 Å². The van der Waals surface area contributed by atoms with Gasteiger partial charge in [-0.15, -0.1) is 11.3 Å². The number of para-hydroxylation sites is 1. The lowest BCUT2D eigenvalue weighted by atomic mass is 10.3. The van der Waals surface area contributed by atoms with Crippen LogP contribution in [0.5, 0.6) is 0 Å². The minimum Gasteiger partial charge on any atom is -0.378 e. The molecule has 0 aliphatic heterocycles. The van der Waals surface area contributed by atoms with Gasteiger partial charge < -0.3 is 5.32 Å². The highest BCUT2D eigenvalue weighted by Gasteiger charge is 2.05. The third-order valence-electron chi connectivity index (χ3n) is 2.70. The number of halogens is 2. The molecule has 0 fully saturated rings. The molecule has 0 spiro atoms. The van der Waals surface area contributed by atoms with Gasteiger partial charge in [0.2, 0.25) is 0 Å². The van der Waals surface area contributed by atoms with E-state index in [0.717, 1.165) is 19.8 Å². The molecule has 0 aliphatic carbocycles. The minimum absolute atomic E-state index is 0.213. The number of rotatable bonds is 3. The Bertz CT molecular complexity index is 693. The van der Waals surface area contributed by atoms with Crippen molar-refractivity contribution in [1.82, 2.24) is 4.98 Å². The SMILES string of the molecule is Fc1ccc(NCc2nc3ccccc3s2)c(I)c1. The molecule has 0 radical (unpaired) electrons. The fourth-order valence-corrected chi connectivity index (χ4v) is 3.37. The van der Waals surface area contributed by atoms with Crippen LogP contribution in [0.4, 0.5) is 10.1 Å². The van der Waals surface area contributed by atoms with Crippen molar-refractivity contribution in [3.05, 3.63) is 56.9 Å². The van der Waals surface area contributed by atoms with E-state index in [1.54, 1.807) is 17.4 Å². The average Bonchev–Trinajstić information content (AvgIpc) is 2.80. The van der Waals surface area contributed by atoms with Gasteiger partial charge in [-0.1, -0.05) is 12.1 Å². The lowest BCUT2D eigenvalue weighted by molar-refractivity contribution is 0.627. The zero-order chi connectivity index (χ0) is 13.2. The van der Waals surface area contributed by atoms with Crippen LogP contribution in [0.25, 0.3) is 10.2 Å². The number of aromatic nitrogens is 1.